The van der Waals surface area contributed by atoms with Gasteiger partial charge in [-0.05, 0) is 35.6 Å². The fourth-order valence-electron chi connectivity index (χ4n) is 5.01. The number of fused-ring (bicyclic) bond motifs is 2. The molecule has 2 heterocycles. The van der Waals surface area contributed by atoms with E-state index in [-0.39, 0.29) is 41.0 Å². The van der Waals surface area contributed by atoms with Crippen molar-refractivity contribution < 1.29 is 19.2 Å². The maximum Gasteiger partial charge on any atom is 0.313 e. The molecule has 0 radical (unpaired) electrons. The van der Waals surface area contributed by atoms with Crippen LogP contribution in [0.5, 0.6) is 0 Å². The highest BCUT2D eigenvalue weighted by Gasteiger charge is 2.56. The first-order valence-electron chi connectivity index (χ1n) is 12.0. The van der Waals surface area contributed by atoms with Gasteiger partial charge < -0.3 is 20.9 Å². The van der Waals surface area contributed by atoms with Gasteiger partial charge in [0.15, 0.2) is 0 Å². The molecule has 0 aliphatic carbocycles. The molecule has 1 saturated heterocycles. The molecule has 11 heteroatoms. The molecule has 3 N–H and O–H groups in total. The van der Waals surface area contributed by atoms with Crippen LogP contribution < -0.4 is 16.0 Å². The molecule has 9 nitrogen and oxygen atoms in total. The number of carbonyl (C=O) groups excluding carboxylic acids is 4. The van der Waals surface area contributed by atoms with Gasteiger partial charge in [-0.15, -0.1) is 0 Å². The van der Waals surface area contributed by atoms with Crippen molar-refractivity contribution in [1.82, 2.24) is 10.2 Å². The van der Waals surface area contributed by atoms with Crippen LogP contribution in [0.2, 0.25) is 10.0 Å². The topological polar surface area (TPSA) is 131 Å². The second-order valence-electron chi connectivity index (χ2n) is 10.7. The number of amides is 4. The van der Waals surface area contributed by atoms with Crippen molar-refractivity contribution in [3.63, 3.8) is 0 Å². The van der Waals surface area contributed by atoms with Crippen molar-refractivity contribution in [2.75, 3.05) is 17.2 Å². The molecule has 4 amide bonds. The zero-order chi connectivity index (χ0) is 27.8. The minimum absolute atomic E-state index is 0.0230. The Balaban J connectivity index is 1.58. The van der Waals surface area contributed by atoms with Gasteiger partial charge in [0.2, 0.25) is 11.8 Å². The average molecular weight is 556 g/mol. The minimum atomic E-state index is -1.12. The quantitative estimate of drug-likeness (QED) is 0.493. The first kappa shape index (κ1) is 27.4. The molecule has 4 rings (SSSR count). The van der Waals surface area contributed by atoms with Gasteiger partial charge in [-0.25, -0.2) is 0 Å². The van der Waals surface area contributed by atoms with Crippen LogP contribution in [0.25, 0.3) is 0 Å². The Morgan fingerprint density at radius 3 is 2.42 bits per heavy atom. The SMILES string of the molecule is CC(C)(C)C[C@H](NC(=O)C(=O)Nc1c(Cl)cccc1Cl)C(=O)N1C[C@]2(C[C@H]1C#N)C(=O)Nc1ccccc12. The van der Waals surface area contributed by atoms with Crippen LogP contribution >= 0.6 is 23.2 Å². The molecule has 1 spiro atoms. The van der Waals surface area contributed by atoms with Gasteiger partial charge in [0.05, 0.1) is 27.2 Å². The zero-order valence-corrected chi connectivity index (χ0v) is 22.6. The highest BCUT2D eigenvalue weighted by molar-refractivity contribution is 6.44. The van der Waals surface area contributed by atoms with Gasteiger partial charge in [0.1, 0.15) is 12.1 Å². The second kappa shape index (κ2) is 10.3. The predicted molar refractivity (Wildman–Crippen MR) is 144 cm³/mol. The van der Waals surface area contributed by atoms with Crippen molar-refractivity contribution in [3.8, 4) is 6.07 Å². The van der Waals surface area contributed by atoms with E-state index in [0.717, 1.165) is 5.56 Å². The summed E-state index contributed by atoms with van der Waals surface area (Å²) in [5, 5.41) is 18.0. The van der Waals surface area contributed by atoms with E-state index in [1.54, 1.807) is 24.3 Å². The van der Waals surface area contributed by atoms with Crippen LogP contribution in [-0.4, -0.2) is 47.2 Å². The largest absolute Gasteiger partial charge is 0.336 e. The van der Waals surface area contributed by atoms with Crippen molar-refractivity contribution >= 4 is 58.2 Å². The first-order chi connectivity index (χ1) is 17.9. The lowest BCUT2D eigenvalue weighted by Gasteiger charge is -2.31. The molecule has 2 aromatic carbocycles. The summed E-state index contributed by atoms with van der Waals surface area (Å²) in [5.41, 5.74) is -0.0359. The lowest BCUT2D eigenvalue weighted by atomic mass is 9.80. The summed E-state index contributed by atoms with van der Waals surface area (Å²) in [6.07, 6.45) is 0.307. The molecular weight excluding hydrogens is 529 g/mol. The molecule has 2 aromatic rings. The average Bonchev–Trinajstić information content (AvgIpc) is 3.38. The summed E-state index contributed by atoms with van der Waals surface area (Å²) < 4.78 is 0. The third-order valence-corrected chi connectivity index (χ3v) is 7.37. The van der Waals surface area contributed by atoms with E-state index >= 15 is 0 Å². The zero-order valence-electron chi connectivity index (χ0n) is 21.1. The Kier molecular flexibility index (Phi) is 7.42. The maximum atomic E-state index is 13.8. The number of nitrogens with zero attached hydrogens (tertiary/aromatic N) is 2. The lowest BCUT2D eigenvalue weighted by molar-refractivity contribution is -0.141. The second-order valence-corrected chi connectivity index (χ2v) is 11.6. The molecule has 1 fully saturated rings. The summed E-state index contributed by atoms with van der Waals surface area (Å²) in [5.74, 6) is -2.93. The van der Waals surface area contributed by atoms with E-state index in [2.05, 4.69) is 22.0 Å². The maximum absolute atomic E-state index is 13.8. The lowest BCUT2D eigenvalue weighted by Crippen LogP contribution is -2.53. The standard InChI is InChI=1S/C27H27Cl2N5O4/c1-26(2,3)12-20(31-22(35)23(36)33-21-17(28)8-6-9-18(21)29)24(37)34-14-27(11-15(34)13-30)16-7-4-5-10-19(16)32-25(27)38/h4-10,15,20H,11-12,14H2,1-3H3,(H,31,35)(H,32,38)(H,33,36)/t15-,20-,27-/m0/s1. The molecule has 2 aliphatic rings. The van der Waals surface area contributed by atoms with Crippen LogP contribution in [0.4, 0.5) is 11.4 Å². The Morgan fingerprint density at radius 1 is 1.13 bits per heavy atom. The smallest absolute Gasteiger partial charge is 0.313 e. The molecule has 2 aliphatic heterocycles. The van der Waals surface area contributed by atoms with E-state index in [1.807, 2.05) is 26.8 Å². The van der Waals surface area contributed by atoms with Crippen LogP contribution in [0.3, 0.4) is 0 Å². The van der Waals surface area contributed by atoms with Crippen molar-refractivity contribution in [1.29, 1.82) is 5.26 Å². The van der Waals surface area contributed by atoms with Gasteiger partial charge >= 0.3 is 11.8 Å². The van der Waals surface area contributed by atoms with Crippen LogP contribution in [0, 0.1) is 16.7 Å². The van der Waals surface area contributed by atoms with E-state index in [1.165, 1.54) is 17.0 Å². The van der Waals surface area contributed by atoms with E-state index in [0.29, 0.717) is 5.69 Å². The number of carbonyl (C=O) groups is 4. The van der Waals surface area contributed by atoms with E-state index < -0.39 is 40.6 Å². The number of nitrogens with one attached hydrogen (secondary N) is 3. The van der Waals surface area contributed by atoms with E-state index in [9.17, 15) is 24.4 Å². The molecule has 198 valence electrons. The summed E-state index contributed by atoms with van der Waals surface area (Å²) in [4.78, 5) is 53.8. The predicted octanol–water partition coefficient (Wildman–Crippen LogP) is 3.87. The molecule has 0 saturated carbocycles. The Morgan fingerprint density at radius 2 is 1.79 bits per heavy atom. The molecule has 0 bridgehead atoms. The highest BCUT2D eigenvalue weighted by Crippen LogP contribution is 2.46. The van der Waals surface area contributed by atoms with Crippen LogP contribution in [0.15, 0.2) is 42.5 Å². The van der Waals surface area contributed by atoms with Gasteiger partial charge in [-0.2, -0.15) is 5.26 Å². The van der Waals surface area contributed by atoms with Gasteiger partial charge in [0.25, 0.3) is 0 Å². The van der Waals surface area contributed by atoms with Crippen molar-refractivity contribution in [3.05, 3.63) is 58.1 Å². The van der Waals surface area contributed by atoms with Gasteiger partial charge in [-0.3, -0.25) is 19.2 Å². The molecule has 0 aromatic heterocycles. The normalized spacial score (nSPS) is 20.9. The monoisotopic (exact) mass is 555 g/mol. The molecule has 3 atom stereocenters. The Labute approximate surface area is 230 Å². The first-order valence-corrected chi connectivity index (χ1v) is 12.8. The number of halogens is 2. The van der Waals surface area contributed by atoms with Crippen LogP contribution in [-0.2, 0) is 24.6 Å². The third kappa shape index (κ3) is 5.19. The number of para-hydroxylation sites is 2. The van der Waals surface area contributed by atoms with Crippen molar-refractivity contribution in [2.24, 2.45) is 5.41 Å². The summed E-state index contributed by atoms with van der Waals surface area (Å²) in [6.45, 7) is 5.63. The molecule has 38 heavy (non-hydrogen) atoms. The summed E-state index contributed by atoms with van der Waals surface area (Å²) in [7, 11) is 0. The fourth-order valence-corrected chi connectivity index (χ4v) is 5.50. The van der Waals surface area contributed by atoms with Crippen molar-refractivity contribution in [2.45, 2.75) is 51.1 Å². The number of anilines is 2. The molecule has 0 unspecified atom stereocenters. The number of benzene rings is 2. The van der Waals surface area contributed by atoms with Crippen LogP contribution in [0.1, 0.15) is 39.2 Å². The Bertz CT molecular complexity index is 1350. The number of hydrogen-bond donors (Lipinski definition) is 3. The Hall–Kier alpha value is -3.61. The fraction of sp³-hybridized carbons (Fsp3) is 0.370. The van der Waals surface area contributed by atoms with Gasteiger partial charge in [0, 0.05) is 18.7 Å². The number of rotatable bonds is 4. The number of nitriles is 1. The summed E-state index contributed by atoms with van der Waals surface area (Å²) >= 11 is 12.2. The number of likely N-dealkylation sites (tertiary alicyclic amines) is 1. The molecular formula is C27H27Cl2N5O4. The minimum Gasteiger partial charge on any atom is -0.336 e. The van der Waals surface area contributed by atoms with Gasteiger partial charge in [-0.1, -0.05) is 68.2 Å². The number of hydrogen-bond acceptors (Lipinski definition) is 5. The third-order valence-electron chi connectivity index (χ3n) is 6.74. The highest BCUT2D eigenvalue weighted by atomic mass is 35.5. The van der Waals surface area contributed by atoms with E-state index in [4.69, 9.17) is 23.2 Å². The summed E-state index contributed by atoms with van der Waals surface area (Å²) in [6, 6.07) is 11.9.